The van der Waals surface area contributed by atoms with Crippen LogP contribution in [-0.2, 0) is 0 Å². The lowest BCUT2D eigenvalue weighted by atomic mass is 10.0. The number of aromatic amines is 1. The standard InChI is InChI=1S/C17H12ClNO2/c1-10-2-4-11(5-3-10)16(20)14-9-19-15-7-6-12(18)8-13(15)17(14)21/h2-9H,1H3,(H,19,21). The molecule has 2 aromatic carbocycles. The summed E-state index contributed by atoms with van der Waals surface area (Å²) < 4.78 is 0. The molecule has 0 bridgehead atoms. The molecular weight excluding hydrogens is 286 g/mol. The number of benzene rings is 2. The lowest BCUT2D eigenvalue weighted by Crippen LogP contribution is -2.16. The molecule has 1 aromatic heterocycles. The highest BCUT2D eigenvalue weighted by atomic mass is 35.5. The van der Waals surface area contributed by atoms with Crippen LogP contribution in [0.4, 0.5) is 0 Å². The highest BCUT2D eigenvalue weighted by Crippen LogP contribution is 2.16. The van der Waals surface area contributed by atoms with Crippen molar-refractivity contribution in [1.29, 1.82) is 0 Å². The first-order valence-corrected chi connectivity index (χ1v) is 6.86. The summed E-state index contributed by atoms with van der Waals surface area (Å²) in [5.74, 6) is -0.293. The van der Waals surface area contributed by atoms with Crippen molar-refractivity contribution in [2.24, 2.45) is 0 Å². The number of hydrogen-bond donors (Lipinski definition) is 1. The molecular formula is C17H12ClNO2. The fourth-order valence-electron chi connectivity index (χ4n) is 2.22. The van der Waals surface area contributed by atoms with Crippen LogP contribution in [0.3, 0.4) is 0 Å². The van der Waals surface area contributed by atoms with Crippen LogP contribution in [-0.4, -0.2) is 10.8 Å². The summed E-state index contributed by atoms with van der Waals surface area (Å²) in [5, 5.41) is 0.883. The van der Waals surface area contributed by atoms with Crippen molar-refractivity contribution in [3.05, 3.63) is 80.6 Å². The van der Waals surface area contributed by atoms with Gasteiger partial charge in [0.15, 0.2) is 5.78 Å². The summed E-state index contributed by atoms with van der Waals surface area (Å²) in [6.07, 6.45) is 1.46. The number of halogens is 1. The zero-order valence-electron chi connectivity index (χ0n) is 11.3. The number of fused-ring (bicyclic) bond motifs is 1. The largest absolute Gasteiger partial charge is 0.360 e. The Labute approximate surface area is 126 Å². The van der Waals surface area contributed by atoms with Gasteiger partial charge in [0, 0.05) is 27.7 Å². The number of aromatic nitrogens is 1. The van der Waals surface area contributed by atoms with Crippen molar-refractivity contribution in [2.45, 2.75) is 6.92 Å². The maximum Gasteiger partial charge on any atom is 0.200 e. The van der Waals surface area contributed by atoms with Crippen LogP contribution in [0.25, 0.3) is 10.9 Å². The van der Waals surface area contributed by atoms with Crippen molar-refractivity contribution in [3.63, 3.8) is 0 Å². The maximum absolute atomic E-state index is 12.5. The number of carbonyl (C=O) groups excluding carboxylic acids is 1. The number of H-pyrrole nitrogens is 1. The Balaban J connectivity index is 2.16. The van der Waals surface area contributed by atoms with Gasteiger partial charge in [-0.25, -0.2) is 0 Å². The normalized spacial score (nSPS) is 10.8. The van der Waals surface area contributed by atoms with Gasteiger partial charge < -0.3 is 4.98 Å². The molecule has 3 rings (SSSR count). The number of carbonyl (C=O) groups is 1. The van der Waals surface area contributed by atoms with Gasteiger partial charge in [-0.05, 0) is 25.1 Å². The van der Waals surface area contributed by atoms with Crippen molar-refractivity contribution < 1.29 is 4.79 Å². The highest BCUT2D eigenvalue weighted by Gasteiger charge is 2.15. The van der Waals surface area contributed by atoms with Gasteiger partial charge in [-0.15, -0.1) is 0 Å². The van der Waals surface area contributed by atoms with Crippen LogP contribution in [0.2, 0.25) is 5.02 Å². The van der Waals surface area contributed by atoms with E-state index in [0.717, 1.165) is 5.56 Å². The van der Waals surface area contributed by atoms with Gasteiger partial charge in [0.2, 0.25) is 5.43 Å². The molecule has 0 fully saturated rings. The van der Waals surface area contributed by atoms with E-state index in [9.17, 15) is 9.59 Å². The third kappa shape index (κ3) is 2.48. The molecule has 0 saturated carbocycles. The minimum Gasteiger partial charge on any atom is -0.360 e. The van der Waals surface area contributed by atoms with E-state index >= 15 is 0 Å². The molecule has 3 nitrogen and oxygen atoms in total. The minimum absolute atomic E-state index is 0.119. The third-order valence-corrected chi connectivity index (χ3v) is 3.64. The van der Waals surface area contributed by atoms with Crippen LogP contribution in [0.15, 0.2) is 53.5 Å². The van der Waals surface area contributed by atoms with E-state index in [1.165, 1.54) is 6.20 Å². The molecule has 0 unspecified atom stereocenters. The van der Waals surface area contributed by atoms with Gasteiger partial charge in [0.05, 0.1) is 5.56 Å². The molecule has 0 aliphatic rings. The molecule has 0 atom stereocenters. The van der Waals surface area contributed by atoms with E-state index in [1.54, 1.807) is 30.3 Å². The maximum atomic E-state index is 12.5. The Morgan fingerprint density at radius 3 is 2.52 bits per heavy atom. The third-order valence-electron chi connectivity index (χ3n) is 3.40. The Bertz CT molecular complexity index is 895. The molecule has 0 radical (unpaired) electrons. The fraction of sp³-hybridized carbons (Fsp3) is 0.0588. The number of hydrogen-bond acceptors (Lipinski definition) is 2. The SMILES string of the molecule is Cc1ccc(C(=O)c2c[nH]c3ccc(Cl)cc3c2=O)cc1. The Kier molecular flexibility index (Phi) is 3.35. The molecule has 0 aliphatic heterocycles. The van der Waals surface area contributed by atoms with E-state index in [2.05, 4.69) is 4.98 Å². The first-order valence-electron chi connectivity index (χ1n) is 6.48. The average molecular weight is 298 g/mol. The smallest absolute Gasteiger partial charge is 0.200 e. The molecule has 1 heterocycles. The predicted octanol–water partition coefficient (Wildman–Crippen LogP) is 3.72. The van der Waals surface area contributed by atoms with Crippen molar-refractivity contribution in [1.82, 2.24) is 4.98 Å². The Hall–Kier alpha value is -2.39. The molecule has 21 heavy (non-hydrogen) atoms. The van der Waals surface area contributed by atoms with E-state index in [0.29, 0.717) is 21.5 Å². The lowest BCUT2D eigenvalue weighted by Gasteiger charge is -2.04. The fourth-order valence-corrected chi connectivity index (χ4v) is 2.39. The second-order valence-electron chi connectivity index (χ2n) is 4.92. The summed E-state index contributed by atoms with van der Waals surface area (Å²) in [6, 6.07) is 12.1. The summed E-state index contributed by atoms with van der Waals surface area (Å²) in [7, 11) is 0. The van der Waals surface area contributed by atoms with Gasteiger partial charge >= 0.3 is 0 Å². The van der Waals surface area contributed by atoms with Crippen LogP contribution < -0.4 is 5.43 Å². The van der Waals surface area contributed by atoms with Gasteiger partial charge in [0.1, 0.15) is 0 Å². The van der Waals surface area contributed by atoms with Crippen molar-refractivity contribution >= 4 is 28.3 Å². The van der Waals surface area contributed by atoms with E-state index in [4.69, 9.17) is 11.6 Å². The molecule has 4 heteroatoms. The van der Waals surface area contributed by atoms with E-state index in [-0.39, 0.29) is 16.8 Å². The molecule has 0 saturated heterocycles. The number of rotatable bonds is 2. The van der Waals surface area contributed by atoms with Crippen LogP contribution in [0.1, 0.15) is 21.5 Å². The zero-order chi connectivity index (χ0) is 15.0. The lowest BCUT2D eigenvalue weighted by molar-refractivity contribution is 0.103. The van der Waals surface area contributed by atoms with Gasteiger partial charge in [0.25, 0.3) is 0 Å². The summed E-state index contributed by atoms with van der Waals surface area (Å²) in [4.78, 5) is 27.9. The Morgan fingerprint density at radius 2 is 1.81 bits per heavy atom. The van der Waals surface area contributed by atoms with Crippen LogP contribution in [0, 0.1) is 6.92 Å². The second kappa shape index (κ2) is 5.19. The van der Waals surface area contributed by atoms with E-state index < -0.39 is 0 Å². The summed E-state index contributed by atoms with van der Waals surface area (Å²) in [5.41, 5.74) is 2.02. The first kappa shape index (κ1) is 13.6. The minimum atomic E-state index is -0.308. The zero-order valence-corrected chi connectivity index (χ0v) is 12.1. The van der Waals surface area contributed by atoms with Crippen LogP contribution >= 0.6 is 11.6 Å². The number of aryl methyl sites for hydroxylation is 1. The summed E-state index contributed by atoms with van der Waals surface area (Å²) in [6.45, 7) is 1.94. The number of pyridine rings is 1. The molecule has 3 aromatic rings. The average Bonchev–Trinajstić information content (AvgIpc) is 2.48. The highest BCUT2D eigenvalue weighted by molar-refractivity contribution is 6.31. The van der Waals surface area contributed by atoms with Gasteiger partial charge in [-0.3, -0.25) is 9.59 Å². The first-order chi connectivity index (χ1) is 10.1. The predicted molar refractivity (Wildman–Crippen MR) is 84.2 cm³/mol. The quantitative estimate of drug-likeness (QED) is 0.733. The molecule has 0 amide bonds. The van der Waals surface area contributed by atoms with Gasteiger partial charge in [-0.1, -0.05) is 41.4 Å². The molecule has 0 aliphatic carbocycles. The molecule has 104 valence electrons. The van der Waals surface area contributed by atoms with E-state index in [1.807, 2.05) is 19.1 Å². The monoisotopic (exact) mass is 297 g/mol. The summed E-state index contributed by atoms with van der Waals surface area (Å²) >= 11 is 5.92. The topological polar surface area (TPSA) is 49.9 Å². The van der Waals surface area contributed by atoms with Gasteiger partial charge in [-0.2, -0.15) is 0 Å². The van der Waals surface area contributed by atoms with Crippen LogP contribution in [0.5, 0.6) is 0 Å². The number of nitrogens with one attached hydrogen (secondary N) is 1. The molecule has 0 spiro atoms. The van der Waals surface area contributed by atoms with Crippen molar-refractivity contribution in [2.75, 3.05) is 0 Å². The molecule has 1 N–H and O–H groups in total. The van der Waals surface area contributed by atoms with Crippen molar-refractivity contribution in [3.8, 4) is 0 Å². The second-order valence-corrected chi connectivity index (χ2v) is 5.35. The Morgan fingerprint density at radius 1 is 1.10 bits per heavy atom. The number of ketones is 1.